The number of benzene rings is 1. The zero-order valence-corrected chi connectivity index (χ0v) is 16.3. The van der Waals surface area contributed by atoms with Crippen molar-refractivity contribution in [2.24, 2.45) is 0 Å². The Hall–Kier alpha value is -2.65. The number of H-pyrrole nitrogens is 1. The van der Waals surface area contributed by atoms with Gasteiger partial charge in [-0.1, -0.05) is 16.8 Å². The highest BCUT2D eigenvalue weighted by atomic mass is 35.5. The number of hydrogen-bond acceptors (Lipinski definition) is 5. The molecule has 3 N–H and O–H groups in total. The number of rotatable bonds is 6. The first-order valence-corrected chi connectivity index (χ1v) is 9.42. The minimum absolute atomic E-state index is 0.183. The van der Waals surface area contributed by atoms with Gasteiger partial charge in [0, 0.05) is 35.2 Å². The van der Waals surface area contributed by atoms with Crippen LogP contribution in [-0.4, -0.2) is 34.6 Å². The lowest BCUT2D eigenvalue weighted by Crippen LogP contribution is -2.40. The van der Waals surface area contributed by atoms with Crippen molar-refractivity contribution in [1.82, 2.24) is 20.8 Å². The Kier molecular flexibility index (Phi) is 5.18. The highest BCUT2D eigenvalue weighted by Crippen LogP contribution is 2.31. The van der Waals surface area contributed by atoms with Crippen molar-refractivity contribution in [1.29, 1.82) is 0 Å². The van der Waals surface area contributed by atoms with Crippen LogP contribution in [-0.2, 0) is 17.9 Å². The molecular formula is C19H19ClF2N4O3. The normalized spacial score (nSPS) is 18.3. The van der Waals surface area contributed by atoms with Crippen LogP contribution in [0.4, 0.5) is 8.78 Å². The summed E-state index contributed by atoms with van der Waals surface area (Å²) in [6.07, 6.45) is -0.493. The van der Waals surface area contributed by atoms with Crippen molar-refractivity contribution in [3.63, 3.8) is 0 Å². The maximum absolute atomic E-state index is 13.2. The molecule has 1 aromatic carbocycles. The van der Waals surface area contributed by atoms with E-state index in [2.05, 4.69) is 20.8 Å². The average molecular weight is 425 g/mol. The molecule has 1 aliphatic heterocycles. The first-order valence-electron chi connectivity index (χ1n) is 9.04. The maximum atomic E-state index is 13.2. The number of carbonyl (C=O) groups excluding carboxylic acids is 1. The predicted octanol–water partition coefficient (Wildman–Crippen LogP) is 3.31. The van der Waals surface area contributed by atoms with Gasteiger partial charge >= 0.3 is 0 Å². The molecule has 10 heteroatoms. The molecule has 154 valence electrons. The number of aromatic amines is 1. The van der Waals surface area contributed by atoms with E-state index in [0.29, 0.717) is 16.5 Å². The smallest absolute Gasteiger partial charge is 0.262 e. The Balaban J connectivity index is 1.40. The number of hydrogen-bond donors (Lipinski definition) is 3. The van der Waals surface area contributed by atoms with Crippen molar-refractivity contribution in [2.75, 3.05) is 6.54 Å². The molecule has 3 heterocycles. The van der Waals surface area contributed by atoms with Crippen LogP contribution in [0.1, 0.15) is 23.6 Å². The molecule has 1 amide bonds. The molecule has 4 rings (SSSR count). The second kappa shape index (κ2) is 7.64. The Morgan fingerprint density at radius 3 is 2.93 bits per heavy atom. The van der Waals surface area contributed by atoms with Gasteiger partial charge in [0.25, 0.3) is 5.92 Å². The summed E-state index contributed by atoms with van der Waals surface area (Å²) < 4.78 is 37.3. The standard InChI is InChI=1S/C19H19ClF2N4O3/c1-10-2-13(29-26-10)8-28-17-5-15-11(4-14(17)20)3-12(25-15)7-23-18(27)16-6-19(21,22)9-24-16/h2-5,16,24-25H,6-9H2,1H3,(H,23,27). The van der Waals surface area contributed by atoms with Crippen LogP contribution in [0.15, 0.2) is 28.8 Å². The molecule has 0 saturated carbocycles. The van der Waals surface area contributed by atoms with Crippen molar-refractivity contribution in [3.8, 4) is 5.75 Å². The van der Waals surface area contributed by atoms with Gasteiger partial charge in [-0.25, -0.2) is 8.78 Å². The molecule has 1 saturated heterocycles. The lowest BCUT2D eigenvalue weighted by molar-refractivity contribution is -0.123. The average Bonchev–Trinajstić information content (AvgIpc) is 3.35. The largest absolute Gasteiger partial charge is 0.484 e. The zero-order chi connectivity index (χ0) is 20.6. The number of nitrogens with zero attached hydrogens (tertiary/aromatic N) is 1. The minimum Gasteiger partial charge on any atom is -0.484 e. The molecule has 1 unspecified atom stereocenters. The number of nitrogens with one attached hydrogen (secondary N) is 3. The fourth-order valence-corrected chi connectivity index (χ4v) is 3.47. The minimum atomic E-state index is -2.85. The number of carbonyl (C=O) groups is 1. The van der Waals surface area contributed by atoms with E-state index in [-0.39, 0.29) is 13.2 Å². The summed E-state index contributed by atoms with van der Waals surface area (Å²) in [4.78, 5) is 15.2. The number of alkyl halides is 2. The van der Waals surface area contributed by atoms with Gasteiger partial charge in [0.15, 0.2) is 5.76 Å². The SMILES string of the molecule is Cc1cc(COc2cc3[nH]c(CNC(=O)C4CC(F)(F)CN4)cc3cc2Cl)on1. The van der Waals surface area contributed by atoms with E-state index in [9.17, 15) is 13.6 Å². The molecule has 3 aromatic rings. The lowest BCUT2D eigenvalue weighted by Gasteiger charge is -2.10. The van der Waals surface area contributed by atoms with Crippen LogP contribution in [0.5, 0.6) is 5.75 Å². The van der Waals surface area contributed by atoms with Crippen molar-refractivity contribution < 1.29 is 22.8 Å². The first kappa shape index (κ1) is 19.7. The Morgan fingerprint density at radius 1 is 1.41 bits per heavy atom. The number of halogens is 3. The van der Waals surface area contributed by atoms with Crippen molar-refractivity contribution in [3.05, 3.63) is 46.4 Å². The number of aromatic nitrogens is 2. The maximum Gasteiger partial charge on any atom is 0.262 e. The van der Waals surface area contributed by atoms with Gasteiger partial charge in [-0.15, -0.1) is 0 Å². The number of aryl methyl sites for hydroxylation is 1. The Labute approximate surface area is 169 Å². The van der Waals surface area contributed by atoms with Crippen LogP contribution < -0.4 is 15.4 Å². The summed E-state index contributed by atoms with van der Waals surface area (Å²) in [6, 6.07) is 6.23. The van der Waals surface area contributed by atoms with E-state index in [0.717, 1.165) is 22.3 Å². The topological polar surface area (TPSA) is 92.2 Å². The molecule has 1 aliphatic rings. The van der Waals surface area contributed by atoms with Gasteiger partial charge in [0.2, 0.25) is 5.91 Å². The van der Waals surface area contributed by atoms with E-state index >= 15 is 0 Å². The van der Waals surface area contributed by atoms with Crippen LogP contribution in [0, 0.1) is 6.92 Å². The predicted molar refractivity (Wildman–Crippen MR) is 102 cm³/mol. The number of ether oxygens (including phenoxy) is 1. The summed E-state index contributed by atoms with van der Waals surface area (Å²) in [7, 11) is 0. The van der Waals surface area contributed by atoms with Gasteiger partial charge in [0.1, 0.15) is 12.4 Å². The molecule has 1 fully saturated rings. The molecule has 1 atom stereocenters. The summed E-state index contributed by atoms with van der Waals surface area (Å²) in [5, 5.41) is 10.3. The van der Waals surface area contributed by atoms with E-state index in [4.69, 9.17) is 20.9 Å². The van der Waals surface area contributed by atoms with Crippen LogP contribution in [0.3, 0.4) is 0 Å². The van der Waals surface area contributed by atoms with E-state index < -0.39 is 30.8 Å². The first-order chi connectivity index (χ1) is 13.8. The monoisotopic (exact) mass is 424 g/mol. The molecule has 0 aliphatic carbocycles. The summed E-state index contributed by atoms with van der Waals surface area (Å²) in [5.41, 5.74) is 2.25. The molecule has 0 bridgehead atoms. The van der Waals surface area contributed by atoms with Gasteiger partial charge < -0.3 is 19.6 Å². The molecule has 2 aromatic heterocycles. The molecule has 29 heavy (non-hydrogen) atoms. The molecule has 0 radical (unpaired) electrons. The molecular weight excluding hydrogens is 406 g/mol. The summed E-state index contributed by atoms with van der Waals surface area (Å²) >= 11 is 6.29. The van der Waals surface area contributed by atoms with Crippen molar-refractivity contribution in [2.45, 2.75) is 38.5 Å². The highest BCUT2D eigenvalue weighted by molar-refractivity contribution is 6.32. The van der Waals surface area contributed by atoms with E-state index in [1.165, 1.54) is 0 Å². The Bertz CT molecular complexity index is 1050. The quantitative estimate of drug-likeness (QED) is 0.564. The van der Waals surface area contributed by atoms with Gasteiger partial charge in [0.05, 0.1) is 29.8 Å². The van der Waals surface area contributed by atoms with Crippen LogP contribution in [0.2, 0.25) is 5.02 Å². The second-order valence-electron chi connectivity index (χ2n) is 7.10. The van der Waals surface area contributed by atoms with Gasteiger partial charge in [-0.2, -0.15) is 0 Å². The fourth-order valence-electron chi connectivity index (χ4n) is 3.24. The molecule has 7 nitrogen and oxygen atoms in total. The highest BCUT2D eigenvalue weighted by Gasteiger charge is 2.42. The van der Waals surface area contributed by atoms with Gasteiger partial charge in [-0.3, -0.25) is 10.1 Å². The number of fused-ring (bicyclic) bond motifs is 1. The fraction of sp³-hybridized carbons (Fsp3) is 0.368. The third-order valence-corrected chi connectivity index (χ3v) is 4.95. The van der Waals surface area contributed by atoms with Crippen molar-refractivity contribution >= 4 is 28.4 Å². The van der Waals surface area contributed by atoms with E-state index in [1.54, 1.807) is 18.2 Å². The van der Waals surface area contributed by atoms with Crippen LogP contribution in [0.25, 0.3) is 10.9 Å². The molecule has 0 spiro atoms. The lowest BCUT2D eigenvalue weighted by atomic mass is 10.2. The third-order valence-electron chi connectivity index (χ3n) is 4.66. The van der Waals surface area contributed by atoms with E-state index in [1.807, 2.05) is 13.0 Å². The summed E-state index contributed by atoms with van der Waals surface area (Å²) in [5.74, 6) is -2.24. The second-order valence-corrected chi connectivity index (χ2v) is 7.51. The summed E-state index contributed by atoms with van der Waals surface area (Å²) in [6.45, 7) is 1.71. The third kappa shape index (κ3) is 4.51. The van der Waals surface area contributed by atoms with Gasteiger partial charge in [-0.05, 0) is 19.1 Å². The Morgan fingerprint density at radius 2 is 2.24 bits per heavy atom. The number of amides is 1. The van der Waals surface area contributed by atoms with Crippen LogP contribution >= 0.6 is 11.6 Å². The zero-order valence-electron chi connectivity index (χ0n) is 15.5.